The van der Waals surface area contributed by atoms with E-state index in [1.165, 1.54) is 18.5 Å². The molecule has 0 unspecified atom stereocenters. The molecule has 0 aliphatic carbocycles. The summed E-state index contributed by atoms with van der Waals surface area (Å²) in [5.41, 5.74) is 1.46. The zero-order chi connectivity index (χ0) is 7.40. The third kappa shape index (κ3) is 1.41. The average molecular weight is 137 g/mol. The van der Waals surface area contributed by atoms with Crippen LogP contribution in [0.4, 0.5) is 0 Å². The molecule has 0 N–H and O–H groups in total. The van der Waals surface area contributed by atoms with Gasteiger partial charge in [0.05, 0.1) is 0 Å². The minimum absolute atomic E-state index is 1.10. The second kappa shape index (κ2) is 3.45. The molecule has 1 aromatic rings. The summed E-state index contributed by atoms with van der Waals surface area (Å²) in [5, 5.41) is 0. The van der Waals surface area contributed by atoms with Gasteiger partial charge in [-0.3, -0.25) is 0 Å². The highest BCUT2D eigenvalue weighted by Gasteiger charge is 1.94. The lowest BCUT2D eigenvalue weighted by molar-refractivity contribution is 0.701. The quantitative estimate of drug-likeness (QED) is 0.603. The molecule has 1 aromatic heterocycles. The van der Waals surface area contributed by atoms with E-state index in [0.717, 1.165) is 6.54 Å². The fourth-order valence-corrected chi connectivity index (χ4v) is 1.24. The van der Waals surface area contributed by atoms with Crippen LogP contribution >= 0.6 is 0 Å². The van der Waals surface area contributed by atoms with Gasteiger partial charge in [-0.15, -0.1) is 0 Å². The van der Waals surface area contributed by atoms with Crippen LogP contribution in [0.1, 0.15) is 26.0 Å². The third-order valence-electron chi connectivity index (χ3n) is 1.77. The highest BCUT2D eigenvalue weighted by atomic mass is 14.9. The SMILES string of the molecule is CCCc1cccn1CC. The fourth-order valence-electron chi connectivity index (χ4n) is 1.24. The number of rotatable bonds is 3. The van der Waals surface area contributed by atoms with Gasteiger partial charge in [-0.2, -0.15) is 0 Å². The highest BCUT2D eigenvalue weighted by molar-refractivity contribution is 5.06. The summed E-state index contributed by atoms with van der Waals surface area (Å²) < 4.78 is 2.30. The topological polar surface area (TPSA) is 4.93 Å². The number of aromatic nitrogens is 1. The van der Waals surface area contributed by atoms with E-state index in [2.05, 4.69) is 36.7 Å². The van der Waals surface area contributed by atoms with E-state index in [0.29, 0.717) is 0 Å². The van der Waals surface area contributed by atoms with E-state index < -0.39 is 0 Å². The molecule has 56 valence electrons. The van der Waals surface area contributed by atoms with Crippen molar-refractivity contribution in [2.45, 2.75) is 33.2 Å². The van der Waals surface area contributed by atoms with Gasteiger partial charge in [-0.25, -0.2) is 0 Å². The van der Waals surface area contributed by atoms with Crippen LogP contribution < -0.4 is 0 Å². The van der Waals surface area contributed by atoms with Gasteiger partial charge >= 0.3 is 0 Å². The summed E-state index contributed by atoms with van der Waals surface area (Å²) in [6, 6.07) is 4.32. The molecule has 0 bridgehead atoms. The van der Waals surface area contributed by atoms with Crippen molar-refractivity contribution in [3.05, 3.63) is 24.0 Å². The van der Waals surface area contributed by atoms with E-state index in [1.807, 2.05) is 0 Å². The van der Waals surface area contributed by atoms with Gasteiger partial charge in [0.2, 0.25) is 0 Å². The van der Waals surface area contributed by atoms with Crippen LogP contribution in [0.2, 0.25) is 0 Å². The van der Waals surface area contributed by atoms with Crippen LogP contribution in [0.5, 0.6) is 0 Å². The molecule has 0 saturated heterocycles. The summed E-state index contributed by atoms with van der Waals surface area (Å²) in [7, 11) is 0. The molecule has 0 saturated carbocycles. The Morgan fingerprint density at radius 1 is 1.40 bits per heavy atom. The van der Waals surface area contributed by atoms with Crippen LogP contribution in [0.15, 0.2) is 18.3 Å². The van der Waals surface area contributed by atoms with Gasteiger partial charge in [-0.1, -0.05) is 13.3 Å². The maximum atomic E-state index is 2.30. The number of aryl methyl sites for hydroxylation is 2. The van der Waals surface area contributed by atoms with Crippen LogP contribution in [0.25, 0.3) is 0 Å². The van der Waals surface area contributed by atoms with Crippen molar-refractivity contribution < 1.29 is 0 Å². The fraction of sp³-hybridized carbons (Fsp3) is 0.556. The Hall–Kier alpha value is -0.720. The van der Waals surface area contributed by atoms with Gasteiger partial charge in [0.25, 0.3) is 0 Å². The minimum Gasteiger partial charge on any atom is -0.352 e. The van der Waals surface area contributed by atoms with Crippen molar-refractivity contribution >= 4 is 0 Å². The third-order valence-corrected chi connectivity index (χ3v) is 1.77. The van der Waals surface area contributed by atoms with Crippen LogP contribution in [0.3, 0.4) is 0 Å². The van der Waals surface area contributed by atoms with Gasteiger partial charge in [-0.05, 0) is 25.5 Å². The molecule has 0 aliphatic heterocycles. The number of hydrogen-bond acceptors (Lipinski definition) is 0. The lowest BCUT2D eigenvalue weighted by atomic mass is 10.2. The van der Waals surface area contributed by atoms with E-state index in [1.54, 1.807) is 0 Å². The molecule has 0 aromatic carbocycles. The Bertz CT molecular complexity index is 188. The standard InChI is InChI=1S/C9H15N/c1-3-6-9-7-5-8-10(9)4-2/h5,7-8H,3-4,6H2,1-2H3. The van der Waals surface area contributed by atoms with Gasteiger partial charge in [0.15, 0.2) is 0 Å². The molecule has 1 rings (SSSR count). The molecule has 0 spiro atoms. The summed E-state index contributed by atoms with van der Waals surface area (Å²) in [6.07, 6.45) is 4.59. The van der Waals surface area contributed by atoms with Crippen molar-refractivity contribution in [1.29, 1.82) is 0 Å². The summed E-state index contributed by atoms with van der Waals surface area (Å²) in [5.74, 6) is 0. The van der Waals surface area contributed by atoms with Crippen LogP contribution in [-0.2, 0) is 13.0 Å². The number of nitrogens with zero attached hydrogens (tertiary/aromatic N) is 1. The normalized spacial score (nSPS) is 10.2. The van der Waals surface area contributed by atoms with Crippen LogP contribution in [-0.4, -0.2) is 4.57 Å². The Kier molecular flexibility index (Phi) is 2.55. The summed E-state index contributed by atoms with van der Waals surface area (Å²) in [6.45, 7) is 5.49. The predicted octanol–water partition coefficient (Wildman–Crippen LogP) is 2.46. The van der Waals surface area contributed by atoms with Crippen molar-refractivity contribution in [3.8, 4) is 0 Å². The first-order valence-electron chi connectivity index (χ1n) is 4.02. The van der Waals surface area contributed by atoms with Gasteiger partial charge in [0.1, 0.15) is 0 Å². The van der Waals surface area contributed by atoms with Gasteiger partial charge < -0.3 is 4.57 Å². The molecule has 0 radical (unpaired) electrons. The first-order chi connectivity index (χ1) is 4.88. The Morgan fingerprint density at radius 2 is 2.20 bits per heavy atom. The molecule has 0 fully saturated rings. The molecule has 0 atom stereocenters. The Morgan fingerprint density at radius 3 is 2.80 bits per heavy atom. The zero-order valence-electron chi connectivity index (χ0n) is 6.80. The Balaban J connectivity index is 2.70. The Labute approximate surface area is 62.7 Å². The van der Waals surface area contributed by atoms with Crippen molar-refractivity contribution in [3.63, 3.8) is 0 Å². The molecule has 0 aliphatic rings. The molecular formula is C9H15N. The zero-order valence-corrected chi connectivity index (χ0v) is 6.80. The van der Waals surface area contributed by atoms with Crippen molar-refractivity contribution in [1.82, 2.24) is 4.57 Å². The monoisotopic (exact) mass is 137 g/mol. The van der Waals surface area contributed by atoms with Crippen molar-refractivity contribution in [2.24, 2.45) is 0 Å². The molecular weight excluding hydrogens is 122 g/mol. The first-order valence-corrected chi connectivity index (χ1v) is 4.02. The molecule has 1 heteroatoms. The maximum absolute atomic E-state index is 2.30. The van der Waals surface area contributed by atoms with E-state index in [-0.39, 0.29) is 0 Å². The van der Waals surface area contributed by atoms with Crippen LogP contribution in [0, 0.1) is 0 Å². The number of hydrogen-bond donors (Lipinski definition) is 0. The summed E-state index contributed by atoms with van der Waals surface area (Å²) >= 11 is 0. The van der Waals surface area contributed by atoms with E-state index >= 15 is 0 Å². The predicted molar refractivity (Wildman–Crippen MR) is 44.1 cm³/mol. The molecule has 0 amide bonds. The smallest absolute Gasteiger partial charge is 0.0193 e. The highest BCUT2D eigenvalue weighted by Crippen LogP contribution is 2.04. The van der Waals surface area contributed by atoms with Crippen molar-refractivity contribution in [2.75, 3.05) is 0 Å². The first kappa shape index (κ1) is 7.39. The lowest BCUT2D eigenvalue weighted by Gasteiger charge is -2.03. The maximum Gasteiger partial charge on any atom is 0.0193 e. The molecule has 1 nitrogen and oxygen atoms in total. The molecule has 1 heterocycles. The minimum atomic E-state index is 1.10. The van der Waals surface area contributed by atoms with E-state index in [9.17, 15) is 0 Å². The second-order valence-corrected chi connectivity index (χ2v) is 2.54. The molecule has 10 heavy (non-hydrogen) atoms. The second-order valence-electron chi connectivity index (χ2n) is 2.54. The van der Waals surface area contributed by atoms with E-state index in [4.69, 9.17) is 0 Å². The largest absolute Gasteiger partial charge is 0.352 e. The lowest BCUT2D eigenvalue weighted by Crippen LogP contribution is -1.97. The summed E-state index contributed by atoms with van der Waals surface area (Å²) in [4.78, 5) is 0. The van der Waals surface area contributed by atoms with Gasteiger partial charge in [0, 0.05) is 18.4 Å². The average Bonchev–Trinajstić information content (AvgIpc) is 2.36.